The zero-order valence-electron chi connectivity index (χ0n) is 12.7. The Morgan fingerprint density at radius 2 is 1.50 bits per heavy atom. The van der Waals surface area contributed by atoms with E-state index in [2.05, 4.69) is 41.7 Å². The van der Waals surface area contributed by atoms with Gasteiger partial charge in [-0.15, -0.1) is 0 Å². The minimum Gasteiger partial charge on any atom is -0.353 e. The molecule has 0 aliphatic heterocycles. The SMILES string of the molecule is CCCNC(=O)C=C1c2ccccc2C=Cc2ccccc21. The maximum atomic E-state index is 12.2. The Balaban J connectivity index is 2.13. The van der Waals surface area contributed by atoms with Crippen molar-refractivity contribution in [1.29, 1.82) is 0 Å². The van der Waals surface area contributed by atoms with Crippen LogP contribution in [-0.4, -0.2) is 12.5 Å². The summed E-state index contributed by atoms with van der Waals surface area (Å²) in [5.74, 6) is -0.0386. The van der Waals surface area contributed by atoms with Gasteiger partial charge in [-0.1, -0.05) is 67.6 Å². The normalized spacial score (nSPS) is 12.1. The third-order valence-electron chi connectivity index (χ3n) is 3.77. The number of rotatable bonds is 3. The fourth-order valence-electron chi connectivity index (χ4n) is 2.69. The molecule has 0 spiro atoms. The van der Waals surface area contributed by atoms with Gasteiger partial charge >= 0.3 is 0 Å². The van der Waals surface area contributed by atoms with Gasteiger partial charge in [-0.3, -0.25) is 4.79 Å². The molecule has 2 aromatic carbocycles. The van der Waals surface area contributed by atoms with E-state index in [4.69, 9.17) is 0 Å². The van der Waals surface area contributed by atoms with Gasteiger partial charge in [-0.05, 0) is 34.2 Å². The first kappa shape index (κ1) is 14.3. The van der Waals surface area contributed by atoms with Crippen molar-refractivity contribution < 1.29 is 4.79 Å². The Hall–Kier alpha value is -2.61. The molecular weight excluding hydrogens is 270 g/mol. The van der Waals surface area contributed by atoms with E-state index in [-0.39, 0.29) is 5.91 Å². The van der Waals surface area contributed by atoms with Gasteiger partial charge in [0.15, 0.2) is 0 Å². The van der Waals surface area contributed by atoms with Crippen LogP contribution in [0.4, 0.5) is 0 Å². The number of carbonyl (C=O) groups excluding carboxylic acids is 1. The first-order valence-corrected chi connectivity index (χ1v) is 7.66. The average Bonchev–Trinajstić information content (AvgIpc) is 2.71. The molecule has 0 radical (unpaired) electrons. The van der Waals surface area contributed by atoms with Crippen molar-refractivity contribution in [2.24, 2.45) is 0 Å². The molecule has 3 rings (SSSR count). The van der Waals surface area contributed by atoms with Gasteiger partial charge in [0.2, 0.25) is 5.91 Å². The topological polar surface area (TPSA) is 29.1 Å². The van der Waals surface area contributed by atoms with Gasteiger partial charge in [-0.25, -0.2) is 0 Å². The Kier molecular flexibility index (Phi) is 4.19. The molecule has 0 atom stereocenters. The average molecular weight is 289 g/mol. The third kappa shape index (κ3) is 2.86. The minimum absolute atomic E-state index is 0.0386. The van der Waals surface area contributed by atoms with Crippen LogP contribution in [0.25, 0.3) is 17.7 Å². The molecule has 0 unspecified atom stereocenters. The summed E-state index contributed by atoms with van der Waals surface area (Å²) < 4.78 is 0. The molecule has 2 aromatic rings. The summed E-state index contributed by atoms with van der Waals surface area (Å²) in [5, 5.41) is 2.93. The molecule has 0 aromatic heterocycles. The molecule has 0 heterocycles. The van der Waals surface area contributed by atoms with Crippen LogP contribution in [0, 0.1) is 0 Å². The van der Waals surface area contributed by atoms with Crippen LogP contribution in [0.5, 0.6) is 0 Å². The van der Waals surface area contributed by atoms with Crippen molar-refractivity contribution in [3.8, 4) is 0 Å². The molecule has 2 heteroatoms. The van der Waals surface area contributed by atoms with Gasteiger partial charge in [0, 0.05) is 12.6 Å². The molecule has 110 valence electrons. The van der Waals surface area contributed by atoms with Crippen molar-refractivity contribution in [2.45, 2.75) is 13.3 Å². The zero-order valence-corrected chi connectivity index (χ0v) is 12.7. The summed E-state index contributed by atoms with van der Waals surface area (Å²) in [6, 6.07) is 16.4. The van der Waals surface area contributed by atoms with Crippen LogP contribution in [0.3, 0.4) is 0 Å². The standard InChI is InChI=1S/C20H19NO/c1-2-13-21-20(22)14-19-17-9-5-3-7-15(17)11-12-16-8-4-6-10-18(16)19/h3-12,14H,2,13H2,1H3,(H,21,22). The second-order valence-electron chi connectivity index (χ2n) is 5.36. The van der Waals surface area contributed by atoms with Gasteiger partial charge in [0.25, 0.3) is 0 Å². The number of nitrogens with one attached hydrogen (secondary N) is 1. The van der Waals surface area contributed by atoms with Crippen molar-refractivity contribution in [1.82, 2.24) is 5.32 Å². The second-order valence-corrected chi connectivity index (χ2v) is 5.36. The summed E-state index contributed by atoms with van der Waals surface area (Å²) in [6.45, 7) is 2.75. The van der Waals surface area contributed by atoms with Crippen LogP contribution < -0.4 is 5.32 Å². The predicted molar refractivity (Wildman–Crippen MR) is 92.2 cm³/mol. The lowest BCUT2D eigenvalue weighted by atomic mass is 9.93. The Labute approximate surface area is 131 Å². The van der Waals surface area contributed by atoms with E-state index in [1.54, 1.807) is 6.08 Å². The van der Waals surface area contributed by atoms with Crippen LogP contribution in [-0.2, 0) is 4.79 Å². The second kappa shape index (κ2) is 6.44. The highest BCUT2D eigenvalue weighted by molar-refractivity contribution is 6.03. The molecule has 1 N–H and O–H groups in total. The lowest BCUT2D eigenvalue weighted by Gasteiger charge is -2.12. The molecule has 1 aliphatic carbocycles. The number of fused-ring (bicyclic) bond motifs is 2. The van der Waals surface area contributed by atoms with E-state index >= 15 is 0 Å². The Morgan fingerprint density at radius 3 is 2.05 bits per heavy atom. The highest BCUT2D eigenvalue weighted by Crippen LogP contribution is 2.33. The smallest absolute Gasteiger partial charge is 0.244 e. The van der Waals surface area contributed by atoms with E-state index in [0.29, 0.717) is 6.54 Å². The van der Waals surface area contributed by atoms with Crippen molar-refractivity contribution in [2.75, 3.05) is 6.54 Å². The molecule has 0 fully saturated rings. The Morgan fingerprint density at radius 1 is 0.955 bits per heavy atom. The molecule has 2 nitrogen and oxygen atoms in total. The molecule has 1 amide bonds. The molecule has 22 heavy (non-hydrogen) atoms. The van der Waals surface area contributed by atoms with Crippen LogP contribution in [0.15, 0.2) is 54.6 Å². The molecule has 0 saturated heterocycles. The summed E-state index contributed by atoms with van der Waals surface area (Å²) in [7, 11) is 0. The predicted octanol–water partition coefficient (Wildman–Crippen LogP) is 4.13. The summed E-state index contributed by atoms with van der Waals surface area (Å²) in [5.41, 5.74) is 5.43. The van der Waals surface area contributed by atoms with Gasteiger partial charge in [0.05, 0.1) is 0 Å². The largest absolute Gasteiger partial charge is 0.353 e. The van der Waals surface area contributed by atoms with Crippen molar-refractivity contribution >= 4 is 23.6 Å². The third-order valence-corrected chi connectivity index (χ3v) is 3.77. The van der Waals surface area contributed by atoms with Gasteiger partial charge in [0.1, 0.15) is 0 Å². The number of amides is 1. The maximum Gasteiger partial charge on any atom is 0.244 e. The maximum absolute atomic E-state index is 12.2. The number of hydrogen-bond donors (Lipinski definition) is 1. The van der Waals surface area contributed by atoms with Gasteiger partial charge in [-0.2, -0.15) is 0 Å². The lowest BCUT2D eigenvalue weighted by Crippen LogP contribution is -2.22. The highest BCUT2D eigenvalue weighted by atomic mass is 16.1. The molecule has 1 aliphatic rings. The number of benzene rings is 2. The number of hydrogen-bond acceptors (Lipinski definition) is 1. The summed E-state index contributed by atoms with van der Waals surface area (Å²) in [4.78, 5) is 12.2. The first-order chi connectivity index (χ1) is 10.8. The van der Waals surface area contributed by atoms with Gasteiger partial charge < -0.3 is 5.32 Å². The molecule has 0 saturated carbocycles. The number of carbonyl (C=O) groups is 1. The Bertz CT molecular complexity index is 704. The first-order valence-electron chi connectivity index (χ1n) is 7.66. The highest BCUT2D eigenvalue weighted by Gasteiger charge is 2.15. The molecular formula is C20H19NO. The van der Waals surface area contributed by atoms with Crippen molar-refractivity contribution in [3.63, 3.8) is 0 Å². The monoisotopic (exact) mass is 289 g/mol. The fraction of sp³-hybridized carbons (Fsp3) is 0.150. The zero-order chi connectivity index (χ0) is 15.4. The summed E-state index contributed by atoms with van der Waals surface area (Å²) in [6.07, 6.45) is 6.88. The van der Waals surface area contributed by atoms with Crippen LogP contribution >= 0.6 is 0 Å². The fourth-order valence-corrected chi connectivity index (χ4v) is 2.69. The minimum atomic E-state index is -0.0386. The van der Waals surface area contributed by atoms with Crippen LogP contribution in [0.1, 0.15) is 35.6 Å². The van der Waals surface area contributed by atoms with Crippen molar-refractivity contribution in [3.05, 3.63) is 76.9 Å². The van der Waals surface area contributed by atoms with Crippen LogP contribution in [0.2, 0.25) is 0 Å². The molecule has 0 bridgehead atoms. The van der Waals surface area contributed by atoms with E-state index in [9.17, 15) is 4.79 Å². The quantitative estimate of drug-likeness (QED) is 0.722. The lowest BCUT2D eigenvalue weighted by molar-refractivity contribution is -0.116. The van der Waals surface area contributed by atoms with E-state index in [0.717, 1.165) is 34.2 Å². The van der Waals surface area contributed by atoms with E-state index < -0.39 is 0 Å². The summed E-state index contributed by atoms with van der Waals surface area (Å²) >= 11 is 0. The van der Waals surface area contributed by atoms with E-state index in [1.165, 1.54) is 0 Å². The van der Waals surface area contributed by atoms with E-state index in [1.807, 2.05) is 31.2 Å².